The molecular formula is C14H16F2O2. The zero-order valence-corrected chi connectivity index (χ0v) is 10.3. The van der Waals surface area contributed by atoms with Crippen LogP contribution in [0.2, 0.25) is 0 Å². The van der Waals surface area contributed by atoms with Crippen molar-refractivity contribution < 1.29 is 18.3 Å². The van der Waals surface area contributed by atoms with E-state index in [9.17, 15) is 8.78 Å². The van der Waals surface area contributed by atoms with Gasteiger partial charge in [-0.05, 0) is 18.1 Å². The molecule has 3 atom stereocenters. The highest BCUT2D eigenvalue weighted by atomic mass is 19.1. The van der Waals surface area contributed by atoms with Crippen LogP contribution in [0.1, 0.15) is 11.1 Å². The summed E-state index contributed by atoms with van der Waals surface area (Å²) < 4.78 is 38.2. The van der Waals surface area contributed by atoms with E-state index in [4.69, 9.17) is 9.47 Å². The van der Waals surface area contributed by atoms with Gasteiger partial charge in [-0.2, -0.15) is 0 Å². The molecule has 0 N–H and O–H groups in total. The van der Waals surface area contributed by atoms with E-state index in [0.717, 1.165) is 0 Å². The Morgan fingerprint density at radius 2 is 2.22 bits per heavy atom. The van der Waals surface area contributed by atoms with E-state index in [1.807, 2.05) is 6.07 Å². The normalized spacial score (nSPS) is 34.8. The Labute approximate surface area is 105 Å². The van der Waals surface area contributed by atoms with Crippen LogP contribution in [0.5, 0.6) is 0 Å². The fourth-order valence-corrected chi connectivity index (χ4v) is 3.16. The Morgan fingerprint density at radius 1 is 1.39 bits per heavy atom. The Kier molecular flexibility index (Phi) is 2.87. The molecule has 98 valence electrons. The minimum atomic E-state index is -0.538. The summed E-state index contributed by atoms with van der Waals surface area (Å²) in [6, 6.07) is 5.34. The van der Waals surface area contributed by atoms with Crippen molar-refractivity contribution in [2.75, 3.05) is 26.5 Å². The molecule has 0 spiro atoms. The van der Waals surface area contributed by atoms with Gasteiger partial charge in [0.1, 0.15) is 12.5 Å². The highest BCUT2D eigenvalue weighted by Gasteiger charge is 2.55. The second-order valence-corrected chi connectivity index (χ2v) is 5.22. The van der Waals surface area contributed by atoms with E-state index >= 15 is 0 Å². The minimum Gasteiger partial charge on any atom is -0.380 e. The van der Waals surface area contributed by atoms with Crippen molar-refractivity contribution in [2.24, 2.45) is 5.92 Å². The summed E-state index contributed by atoms with van der Waals surface area (Å²) >= 11 is 0. The number of ether oxygens (including phenoxy) is 2. The molecular weight excluding hydrogens is 238 g/mol. The minimum absolute atomic E-state index is 0.0844. The quantitative estimate of drug-likeness (QED) is 0.806. The molecule has 0 saturated carbocycles. The van der Waals surface area contributed by atoms with E-state index < -0.39 is 18.2 Å². The van der Waals surface area contributed by atoms with Gasteiger partial charge in [-0.25, -0.2) is 8.78 Å². The first-order valence-corrected chi connectivity index (χ1v) is 6.20. The van der Waals surface area contributed by atoms with Crippen molar-refractivity contribution >= 4 is 0 Å². The van der Waals surface area contributed by atoms with Crippen molar-refractivity contribution in [1.29, 1.82) is 0 Å². The first kappa shape index (κ1) is 12.1. The molecule has 18 heavy (non-hydrogen) atoms. The van der Waals surface area contributed by atoms with Crippen LogP contribution in [0.15, 0.2) is 18.2 Å². The lowest BCUT2D eigenvalue weighted by atomic mass is 9.72. The fraction of sp³-hybridized carbons (Fsp3) is 0.571. The first-order valence-electron chi connectivity index (χ1n) is 6.20. The molecule has 0 amide bonds. The number of rotatable bonds is 2. The number of hydrogen-bond donors (Lipinski definition) is 0. The van der Waals surface area contributed by atoms with Gasteiger partial charge < -0.3 is 9.47 Å². The van der Waals surface area contributed by atoms with E-state index in [1.54, 1.807) is 19.1 Å². The molecule has 2 heterocycles. The number of benzene rings is 1. The number of halogens is 2. The van der Waals surface area contributed by atoms with Gasteiger partial charge in [0.25, 0.3) is 0 Å². The van der Waals surface area contributed by atoms with Gasteiger partial charge in [0, 0.05) is 5.92 Å². The lowest BCUT2D eigenvalue weighted by Gasteiger charge is -2.27. The molecule has 2 fully saturated rings. The van der Waals surface area contributed by atoms with Crippen molar-refractivity contribution in [2.45, 2.75) is 18.4 Å². The third-order valence-electron chi connectivity index (χ3n) is 4.25. The molecule has 2 saturated heterocycles. The summed E-state index contributed by atoms with van der Waals surface area (Å²) in [5, 5.41) is 0. The SMILES string of the molecule is Cc1cccc([C@@]23COC[C@@H]2[C@@H](CF)OC3)c1F. The largest absolute Gasteiger partial charge is 0.380 e. The van der Waals surface area contributed by atoms with E-state index in [2.05, 4.69) is 0 Å². The summed E-state index contributed by atoms with van der Waals surface area (Å²) in [4.78, 5) is 0. The van der Waals surface area contributed by atoms with Crippen LogP contribution in [0.25, 0.3) is 0 Å². The molecule has 2 nitrogen and oxygen atoms in total. The molecule has 0 radical (unpaired) electrons. The average Bonchev–Trinajstić information content (AvgIpc) is 2.91. The number of hydrogen-bond acceptors (Lipinski definition) is 2. The summed E-state index contributed by atoms with van der Waals surface area (Å²) in [7, 11) is 0. The van der Waals surface area contributed by atoms with E-state index in [-0.39, 0.29) is 11.7 Å². The molecule has 0 aromatic heterocycles. The van der Waals surface area contributed by atoms with Crippen molar-refractivity contribution in [3.63, 3.8) is 0 Å². The van der Waals surface area contributed by atoms with Crippen molar-refractivity contribution in [3.8, 4) is 0 Å². The highest BCUT2D eigenvalue weighted by molar-refractivity contribution is 5.35. The fourth-order valence-electron chi connectivity index (χ4n) is 3.16. The molecule has 0 aliphatic carbocycles. The van der Waals surface area contributed by atoms with Gasteiger partial charge in [0.2, 0.25) is 0 Å². The highest BCUT2D eigenvalue weighted by Crippen LogP contribution is 2.47. The lowest BCUT2D eigenvalue weighted by molar-refractivity contribution is 0.0345. The van der Waals surface area contributed by atoms with Gasteiger partial charge >= 0.3 is 0 Å². The molecule has 4 heteroatoms. The molecule has 0 unspecified atom stereocenters. The predicted octanol–water partition coefficient (Wildman–Crippen LogP) is 2.39. The van der Waals surface area contributed by atoms with Crippen LogP contribution in [0, 0.1) is 18.7 Å². The molecule has 2 aliphatic rings. The lowest BCUT2D eigenvalue weighted by Crippen LogP contribution is -2.37. The van der Waals surface area contributed by atoms with Crippen LogP contribution in [-0.2, 0) is 14.9 Å². The van der Waals surface area contributed by atoms with Crippen LogP contribution < -0.4 is 0 Å². The summed E-state index contributed by atoms with van der Waals surface area (Å²) in [6.45, 7) is 2.40. The predicted molar refractivity (Wildman–Crippen MR) is 62.8 cm³/mol. The van der Waals surface area contributed by atoms with E-state index in [1.165, 1.54) is 0 Å². The first-order chi connectivity index (χ1) is 8.69. The van der Waals surface area contributed by atoms with Gasteiger partial charge in [0.15, 0.2) is 0 Å². The Balaban J connectivity index is 2.07. The zero-order valence-electron chi connectivity index (χ0n) is 10.3. The maximum absolute atomic E-state index is 14.3. The maximum atomic E-state index is 14.3. The standard InChI is InChI=1S/C14H16F2O2/c1-9-3-2-4-10(13(9)16)14-7-17-6-11(14)12(5-15)18-8-14/h2-4,11-12H,5-8H2,1H3/t11-,12-,14+/m1/s1. The van der Waals surface area contributed by atoms with Crippen LogP contribution >= 0.6 is 0 Å². The third kappa shape index (κ3) is 1.52. The number of aryl methyl sites for hydroxylation is 1. The van der Waals surface area contributed by atoms with Gasteiger partial charge in [-0.3, -0.25) is 0 Å². The number of alkyl halides is 1. The van der Waals surface area contributed by atoms with Gasteiger partial charge in [0.05, 0.1) is 31.3 Å². The average molecular weight is 254 g/mol. The molecule has 1 aromatic rings. The number of fused-ring (bicyclic) bond motifs is 1. The molecule has 3 rings (SSSR count). The molecule has 1 aromatic carbocycles. The second-order valence-electron chi connectivity index (χ2n) is 5.22. The summed E-state index contributed by atoms with van der Waals surface area (Å²) in [5.74, 6) is -0.296. The van der Waals surface area contributed by atoms with Gasteiger partial charge in [-0.15, -0.1) is 0 Å². The summed E-state index contributed by atoms with van der Waals surface area (Å²) in [6.07, 6.45) is -0.465. The Bertz CT molecular complexity index is 463. The van der Waals surface area contributed by atoms with Crippen LogP contribution in [-0.4, -0.2) is 32.6 Å². The van der Waals surface area contributed by atoms with Crippen LogP contribution in [0.4, 0.5) is 8.78 Å². The zero-order chi connectivity index (χ0) is 12.8. The monoisotopic (exact) mass is 254 g/mol. The third-order valence-corrected chi connectivity index (χ3v) is 4.25. The smallest absolute Gasteiger partial charge is 0.130 e. The Hall–Kier alpha value is -1.00. The van der Waals surface area contributed by atoms with Gasteiger partial charge in [-0.1, -0.05) is 18.2 Å². The Morgan fingerprint density at radius 3 is 3.00 bits per heavy atom. The maximum Gasteiger partial charge on any atom is 0.130 e. The molecule has 0 bridgehead atoms. The molecule has 2 aliphatic heterocycles. The second kappa shape index (κ2) is 4.28. The summed E-state index contributed by atoms with van der Waals surface area (Å²) in [5.41, 5.74) is 0.713. The van der Waals surface area contributed by atoms with E-state index in [0.29, 0.717) is 30.9 Å². The van der Waals surface area contributed by atoms with Crippen LogP contribution in [0.3, 0.4) is 0 Å². The topological polar surface area (TPSA) is 18.5 Å². The van der Waals surface area contributed by atoms with Crippen molar-refractivity contribution in [1.82, 2.24) is 0 Å². The van der Waals surface area contributed by atoms with Crippen molar-refractivity contribution in [3.05, 3.63) is 35.1 Å².